The van der Waals surface area contributed by atoms with Crippen LogP contribution in [0.3, 0.4) is 0 Å². The Morgan fingerprint density at radius 2 is 1.82 bits per heavy atom. The van der Waals surface area contributed by atoms with Crippen LogP contribution in [0.2, 0.25) is 0 Å². The first-order chi connectivity index (χ1) is 16.1. The number of halogens is 2. The van der Waals surface area contributed by atoms with Crippen LogP contribution in [0.4, 0.5) is 8.78 Å². The second-order valence-electron chi connectivity index (χ2n) is 7.74. The number of imidazole rings is 1. The molecule has 0 amide bonds. The van der Waals surface area contributed by atoms with Crippen molar-refractivity contribution in [1.29, 1.82) is 0 Å². The average molecular weight is 445 g/mol. The Bertz CT molecular complexity index is 1390. The standard InChI is InChI=1S/C25H21F2N5O/c1-31-15-20(14-29-31)18-6-7-21-22(13-18)32(24(30-21)12-17-8-10-28-11-9-17)16-19-4-2-3-5-23(19)33-25(26)27/h2-11,13-15,25H,12,16H2,1H3. The topological polar surface area (TPSA) is 57.8 Å². The summed E-state index contributed by atoms with van der Waals surface area (Å²) in [6.07, 6.45) is 7.83. The number of aryl methyl sites for hydroxylation is 1. The van der Waals surface area contributed by atoms with Crippen LogP contribution in [0.15, 0.2) is 79.4 Å². The van der Waals surface area contributed by atoms with Gasteiger partial charge >= 0.3 is 6.61 Å². The van der Waals surface area contributed by atoms with Gasteiger partial charge in [0.25, 0.3) is 0 Å². The van der Waals surface area contributed by atoms with E-state index in [1.54, 1.807) is 35.3 Å². The van der Waals surface area contributed by atoms with Gasteiger partial charge in [0.2, 0.25) is 0 Å². The third-order valence-electron chi connectivity index (χ3n) is 5.49. The normalized spacial score (nSPS) is 11.4. The first-order valence-corrected chi connectivity index (χ1v) is 10.5. The van der Waals surface area contributed by atoms with E-state index in [9.17, 15) is 8.78 Å². The Labute approximate surface area is 189 Å². The minimum atomic E-state index is -2.89. The highest BCUT2D eigenvalue weighted by Crippen LogP contribution is 2.28. The van der Waals surface area contributed by atoms with Crippen molar-refractivity contribution in [2.24, 2.45) is 7.05 Å². The van der Waals surface area contributed by atoms with E-state index in [0.29, 0.717) is 18.5 Å². The third kappa shape index (κ3) is 4.45. The quantitative estimate of drug-likeness (QED) is 0.351. The predicted molar refractivity (Wildman–Crippen MR) is 121 cm³/mol. The van der Waals surface area contributed by atoms with Crippen molar-refractivity contribution < 1.29 is 13.5 Å². The van der Waals surface area contributed by atoms with E-state index in [4.69, 9.17) is 9.72 Å². The third-order valence-corrected chi connectivity index (χ3v) is 5.49. The highest BCUT2D eigenvalue weighted by molar-refractivity contribution is 5.82. The summed E-state index contributed by atoms with van der Waals surface area (Å²) < 4.78 is 34.6. The van der Waals surface area contributed by atoms with Gasteiger partial charge in [0, 0.05) is 43.2 Å². The van der Waals surface area contributed by atoms with Gasteiger partial charge in [-0.3, -0.25) is 9.67 Å². The van der Waals surface area contributed by atoms with Crippen molar-refractivity contribution in [1.82, 2.24) is 24.3 Å². The number of aromatic nitrogens is 5. The molecule has 5 rings (SSSR count). The Morgan fingerprint density at radius 3 is 2.58 bits per heavy atom. The molecule has 0 saturated carbocycles. The number of fused-ring (bicyclic) bond motifs is 1. The number of alkyl halides is 2. The van der Waals surface area contributed by atoms with Crippen LogP contribution in [-0.4, -0.2) is 30.9 Å². The Kier molecular flexibility index (Phi) is 5.56. The number of benzene rings is 2. The number of rotatable bonds is 7. The number of para-hydroxylation sites is 1. The minimum absolute atomic E-state index is 0.160. The summed E-state index contributed by atoms with van der Waals surface area (Å²) in [6.45, 7) is -2.55. The van der Waals surface area contributed by atoms with Gasteiger partial charge in [-0.2, -0.15) is 13.9 Å². The zero-order chi connectivity index (χ0) is 22.8. The van der Waals surface area contributed by atoms with Gasteiger partial charge in [0.05, 0.1) is 23.8 Å². The molecule has 0 aliphatic rings. The Morgan fingerprint density at radius 1 is 1.00 bits per heavy atom. The monoisotopic (exact) mass is 445 g/mol. The highest BCUT2D eigenvalue weighted by atomic mass is 19.3. The molecule has 2 aromatic carbocycles. The second-order valence-corrected chi connectivity index (χ2v) is 7.74. The van der Waals surface area contributed by atoms with Gasteiger partial charge in [-0.25, -0.2) is 4.98 Å². The maximum Gasteiger partial charge on any atom is 0.387 e. The first kappa shape index (κ1) is 20.8. The number of pyridine rings is 1. The lowest BCUT2D eigenvalue weighted by molar-refractivity contribution is -0.0504. The number of ether oxygens (including phenoxy) is 1. The largest absolute Gasteiger partial charge is 0.434 e. The van der Waals surface area contributed by atoms with E-state index in [2.05, 4.69) is 20.7 Å². The number of nitrogens with zero attached hydrogens (tertiary/aromatic N) is 5. The first-order valence-electron chi connectivity index (χ1n) is 10.5. The van der Waals surface area contributed by atoms with Crippen molar-refractivity contribution in [2.75, 3.05) is 0 Å². The summed E-state index contributed by atoms with van der Waals surface area (Å²) >= 11 is 0. The zero-order valence-electron chi connectivity index (χ0n) is 17.9. The lowest BCUT2D eigenvalue weighted by Crippen LogP contribution is -2.09. The van der Waals surface area contributed by atoms with Gasteiger partial charge in [-0.15, -0.1) is 0 Å². The molecule has 6 nitrogen and oxygen atoms in total. The van der Waals surface area contributed by atoms with Crippen molar-refractivity contribution in [3.05, 3.63) is 96.3 Å². The van der Waals surface area contributed by atoms with E-state index >= 15 is 0 Å². The van der Waals surface area contributed by atoms with E-state index in [1.807, 2.05) is 49.8 Å². The molecule has 0 radical (unpaired) electrons. The summed E-state index contributed by atoms with van der Waals surface area (Å²) in [6, 6.07) is 16.8. The molecule has 0 saturated heterocycles. The zero-order valence-corrected chi connectivity index (χ0v) is 17.9. The SMILES string of the molecule is Cn1cc(-c2ccc3nc(Cc4ccncc4)n(Cc4ccccc4OC(F)F)c3c2)cn1. The molecule has 33 heavy (non-hydrogen) atoms. The van der Waals surface area contributed by atoms with Gasteiger partial charge in [-0.05, 0) is 41.5 Å². The minimum Gasteiger partial charge on any atom is -0.434 e. The Hall–Kier alpha value is -4.07. The van der Waals surface area contributed by atoms with Crippen LogP contribution >= 0.6 is 0 Å². The van der Waals surface area contributed by atoms with Crippen LogP contribution in [0.5, 0.6) is 5.75 Å². The van der Waals surface area contributed by atoms with E-state index < -0.39 is 6.61 Å². The molecule has 0 spiro atoms. The van der Waals surface area contributed by atoms with Gasteiger partial charge in [0.1, 0.15) is 11.6 Å². The molecule has 5 aromatic rings. The molecule has 0 unspecified atom stereocenters. The van der Waals surface area contributed by atoms with E-state index in [-0.39, 0.29) is 5.75 Å². The smallest absolute Gasteiger partial charge is 0.387 e. The Balaban J connectivity index is 1.62. The molecule has 3 heterocycles. The van der Waals surface area contributed by atoms with Crippen molar-refractivity contribution in [2.45, 2.75) is 19.6 Å². The lowest BCUT2D eigenvalue weighted by atomic mass is 10.1. The predicted octanol–water partition coefficient (Wildman–Crippen LogP) is 5.07. The van der Waals surface area contributed by atoms with Gasteiger partial charge in [-0.1, -0.05) is 24.3 Å². The van der Waals surface area contributed by atoms with Crippen molar-refractivity contribution in [3.8, 4) is 16.9 Å². The van der Waals surface area contributed by atoms with E-state index in [0.717, 1.165) is 33.5 Å². The molecule has 0 aliphatic carbocycles. The van der Waals surface area contributed by atoms with Crippen LogP contribution in [0, 0.1) is 0 Å². The van der Waals surface area contributed by atoms with Crippen LogP contribution in [-0.2, 0) is 20.0 Å². The van der Waals surface area contributed by atoms with Gasteiger partial charge in [0.15, 0.2) is 0 Å². The van der Waals surface area contributed by atoms with Crippen molar-refractivity contribution >= 4 is 11.0 Å². The fraction of sp³-hybridized carbons (Fsp3) is 0.160. The summed E-state index contributed by atoms with van der Waals surface area (Å²) in [5.41, 5.74) is 5.45. The number of hydrogen-bond acceptors (Lipinski definition) is 4. The highest BCUT2D eigenvalue weighted by Gasteiger charge is 2.16. The molecule has 0 atom stereocenters. The van der Waals surface area contributed by atoms with E-state index in [1.165, 1.54) is 0 Å². The molecule has 8 heteroatoms. The molecule has 0 bridgehead atoms. The maximum atomic E-state index is 13.0. The molecule has 0 aliphatic heterocycles. The summed E-state index contributed by atoms with van der Waals surface area (Å²) in [7, 11) is 1.87. The van der Waals surface area contributed by atoms with Crippen LogP contribution < -0.4 is 4.74 Å². The second kappa shape index (κ2) is 8.82. The molecular formula is C25H21F2N5O. The average Bonchev–Trinajstić information content (AvgIpc) is 3.39. The summed E-state index contributed by atoms with van der Waals surface area (Å²) in [5, 5.41) is 4.26. The van der Waals surface area contributed by atoms with Crippen molar-refractivity contribution in [3.63, 3.8) is 0 Å². The van der Waals surface area contributed by atoms with Crippen LogP contribution in [0.25, 0.3) is 22.2 Å². The molecule has 166 valence electrons. The molecule has 0 fully saturated rings. The lowest BCUT2D eigenvalue weighted by Gasteiger charge is -2.14. The molecule has 3 aromatic heterocycles. The van der Waals surface area contributed by atoms with Gasteiger partial charge < -0.3 is 9.30 Å². The maximum absolute atomic E-state index is 13.0. The fourth-order valence-corrected chi connectivity index (χ4v) is 3.93. The summed E-state index contributed by atoms with van der Waals surface area (Å²) in [4.78, 5) is 8.95. The molecular weight excluding hydrogens is 424 g/mol. The molecule has 0 N–H and O–H groups in total. The van der Waals surface area contributed by atoms with Crippen LogP contribution in [0.1, 0.15) is 17.0 Å². The fourth-order valence-electron chi connectivity index (χ4n) is 3.93. The number of hydrogen-bond donors (Lipinski definition) is 0. The summed E-state index contributed by atoms with van der Waals surface area (Å²) in [5.74, 6) is 0.985.